The number of halogens is 2. The molecule has 0 saturated heterocycles. The van der Waals surface area contributed by atoms with Gasteiger partial charge in [-0.05, 0) is 80.2 Å². The fourth-order valence-corrected chi connectivity index (χ4v) is 6.18. The molecule has 5 aromatic rings. The van der Waals surface area contributed by atoms with Crippen molar-refractivity contribution in [3.05, 3.63) is 138 Å². The second-order valence-electron chi connectivity index (χ2n) is 10.6. The Morgan fingerprint density at radius 1 is 0.721 bits per heavy atom. The minimum absolute atomic E-state index is 0. The van der Waals surface area contributed by atoms with E-state index < -0.39 is 0 Å². The van der Waals surface area contributed by atoms with E-state index in [4.69, 9.17) is 0 Å². The zero-order chi connectivity index (χ0) is 28.2. The van der Waals surface area contributed by atoms with Crippen molar-refractivity contribution in [1.29, 1.82) is 0 Å². The van der Waals surface area contributed by atoms with Gasteiger partial charge in [0, 0.05) is 53.6 Å². The number of benzene rings is 3. The van der Waals surface area contributed by atoms with Crippen LogP contribution < -0.4 is 62.0 Å². The van der Waals surface area contributed by atoms with Crippen molar-refractivity contribution in [1.82, 2.24) is 0 Å². The van der Waals surface area contributed by atoms with Crippen LogP contribution in [-0.2, 0) is 19.5 Å². The Morgan fingerprint density at radius 2 is 1.35 bits per heavy atom. The number of allylic oxidation sites excluding steroid dienone is 5. The number of pyridine rings is 2. The third-order valence-electron chi connectivity index (χ3n) is 8.39. The van der Waals surface area contributed by atoms with Crippen LogP contribution in [0.4, 0.5) is 5.69 Å². The predicted octanol–water partition coefficient (Wildman–Crippen LogP) is 2.07. The molecule has 3 aromatic carbocycles. The van der Waals surface area contributed by atoms with E-state index >= 15 is 0 Å². The first-order valence-electron chi connectivity index (χ1n) is 15.0. The number of hydrogen-bond acceptors (Lipinski definition) is 1. The van der Waals surface area contributed by atoms with Gasteiger partial charge >= 0.3 is 0 Å². The molecule has 5 heteroatoms. The lowest BCUT2D eigenvalue weighted by atomic mass is 9.93. The maximum atomic E-state index is 2.37. The van der Waals surface area contributed by atoms with E-state index in [-0.39, 0.29) is 48.0 Å². The minimum atomic E-state index is 0. The second-order valence-corrected chi connectivity index (χ2v) is 10.6. The SMILES string of the molecule is CCN1C=C/C(=C/C=C(/CCc2cc[n+](CC)c3ccccc23)c2cc[n+](CC)c3ccccc23)c2ccccc21.[I-].[I-]. The molecule has 2 aromatic heterocycles. The number of aromatic nitrogens is 2. The summed E-state index contributed by atoms with van der Waals surface area (Å²) < 4.78 is 4.67. The average molecular weight is 792 g/mol. The molecule has 1 aliphatic heterocycles. The molecular weight excluding hydrogens is 752 g/mol. The highest BCUT2D eigenvalue weighted by Crippen LogP contribution is 2.34. The minimum Gasteiger partial charge on any atom is -1.00 e. The topological polar surface area (TPSA) is 11.0 Å². The largest absolute Gasteiger partial charge is 1.00 e. The number of para-hydroxylation sites is 3. The Labute approximate surface area is 290 Å². The summed E-state index contributed by atoms with van der Waals surface area (Å²) in [5.74, 6) is 0. The van der Waals surface area contributed by atoms with Gasteiger partial charge in [0.15, 0.2) is 12.4 Å². The van der Waals surface area contributed by atoms with Crippen LogP contribution in [0.1, 0.15) is 43.9 Å². The molecule has 0 saturated carbocycles. The third kappa shape index (κ3) is 6.73. The quantitative estimate of drug-likeness (QED) is 0.173. The molecule has 3 nitrogen and oxygen atoms in total. The molecule has 0 unspecified atom stereocenters. The Bertz CT molecular complexity index is 1820. The lowest BCUT2D eigenvalue weighted by molar-refractivity contribution is -0.668. The van der Waals surface area contributed by atoms with Gasteiger partial charge in [0.2, 0.25) is 11.0 Å². The molecule has 0 amide bonds. The number of rotatable bonds is 8. The molecule has 6 rings (SSSR count). The van der Waals surface area contributed by atoms with E-state index in [2.05, 4.69) is 157 Å². The molecule has 3 heterocycles. The number of anilines is 1. The molecule has 0 bridgehead atoms. The monoisotopic (exact) mass is 791 g/mol. The van der Waals surface area contributed by atoms with E-state index in [0.717, 1.165) is 32.5 Å². The van der Waals surface area contributed by atoms with Crippen molar-refractivity contribution in [2.75, 3.05) is 11.4 Å². The first-order chi connectivity index (χ1) is 20.2. The third-order valence-corrected chi connectivity index (χ3v) is 8.39. The van der Waals surface area contributed by atoms with E-state index in [9.17, 15) is 0 Å². The Kier molecular flexibility index (Phi) is 11.5. The van der Waals surface area contributed by atoms with Crippen LogP contribution in [0, 0.1) is 0 Å². The number of aryl methyl sites for hydroxylation is 3. The molecule has 0 N–H and O–H groups in total. The summed E-state index contributed by atoms with van der Waals surface area (Å²) in [4.78, 5) is 2.31. The highest BCUT2D eigenvalue weighted by molar-refractivity contribution is 5.92. The van der Waals surface area contributed by atoms with Crippen LogP contribution in [0.2, 0.25) is 0 Å². The summed E-state index contributed by atoms with van der Waals surface area (Å²) in [6.45, 7) is 9.50. The van der Waals surface area contributed by atoms with Crippen molar-refractivity contribution in [3.8, 4) is 0 Å². The molecule has 0 atom stereocenters. The van der Waals surface area contributed by atoms with Gasteiger partial charge < -0.3 is 52.9 Å². The maximum absolute atomic E-state index is 2.37. The highest BCUT2D eigenvalue weighted by Gasteiger charge is 2.17. The Hall–Kier alpha value is -3.04. The number of hydrogen-bond donors (Lipinski definition) is 0. The normalized spacial score (nSPS) is 13.6. The van der Waals surface area contributed by atoms with Gasteiger partial charge in [-0.15, -0.1) is 0 Å². The first kappa shape index (κ1) is 32.9. The summed E-state index contributed by atoms with van der Waals surface area (Å²) in [7, 11) is 0. The number of fused-ring (bicyclic) bond motifs is 3. The van der Waals surface area contributed by atoms with Crippen molar-refractivity contribution in [3.63, 3.8) is 0 Å². The standard InChI is InChI=1S/C38H39N3.2HI/c1-4-39-26-23-30(33-13-7-10-16-36(33)39)21-19-29(32-25-28-41(6-3)38-18-12-9-15-35(32)38)20-22-31-24-27-40(5-2)37-17-11-8-14-34(31)37;;/h7-19,21,23-28H,4-6,20,22H2,1-3H3;2*1H/q+2;;/p-2. The number of nitrogens with zero attached hydrogens (tertiary/aromatic N) is 3. The van der Waals surface area contributed by atoms with Gasteiger partial charge in [0.1, 0.15) is 13.1 Å². The summed E-state index contributed by atoms with van der Waals surface area (Å²) >= 11 is 0. The first-order valence-corrected chi connectivity index (χ1v) is 15.0. The van der Waals surface area contributed by atoms with Crippen LogP contribution in [0.3, 0.4) is 0 Å². The zero-order valence-electron chi connectivity index (χ0n) is 25.2. The van der Waals surface area contributed by atoms with E-state index in [1.54, 1.807) is 0 Å². The molecule has 0 fully saturated rings. The lowest BCUT2D eigenvalue weighted by Gasteiger charge is -2.26. The molecule has 0 spiro atoms. The van der Waals surface area contributed by atoms with E-state index in [1.807, 2.05) is 0 Å². The van der Waals surface area contributed by atoms with Crippen LogP contribution >= 0.6 is 0 Å². The van der Waals surface area contributed by atoms with Crippen LogP contribution in [0.15, 0.2) is 122 Å². The average Bonchev–Trinajstić information content (AvgIpc) is 3.04. The molecule has 0 aliphatic carbocycles. The fourth-order valence-electron chi connectivity index (χ4n) is 6.18. The predicted molar refractivity (Wildman–Crippen MR) is 173 cm³/mol. The van der Waals surface area contributed by atoms with Crippen molar-refractivity contribution < 1.29 is 57.1 Å². The zero-order valence-corrected chi connectivity index (χ0v) is 29.5. The van der Waals surface area contributed by atoms with E-state index in [0.29, 0.717) is 0 Å². The Morgan fingerprint density at radius 3 is 2.07 bits per heavy atom. The van der Waals surface area contributed by atoms with Crippen LogP contribution in [-0.4, -0.2) is 6.54 Å². The molecular formula is C38H39I2N3. The van der Waals surface area contributed by atoms with Crippen LogP contribution in [0.5, 0.6) is 0 Å². The summed E-state index contributed by atoms with van der Waals surface area (Å²) in [6.07, 6.45) is 15.6. The van der Waals surface area contributed by atoms with Crippen molar-refractivity contribution >= 4 is 38.6 Å². The van der Waals surface area contributed by atoms with Crippen molar-refractivity contribution in [2.45, 2.75) is 46.7 Å². The van der Waals surface area contributed by atoms with Gasteiger partial charge in [0.25, 0.3) is 0 Å². The van der Waals surface area contributed by atoms with Gasteiger partial charge in [-0.3, -0.25) is 0 Å². The maximum Gasteiger partial charge on any atom is 0.213 e. The Balaban J connectivity index is 0.00000212. The van der Waals surface area contributed by atoms with Gasteiger partial charge in [-0.25, -0.2) is 0 Å². The van der Waals surface area contributed by atoms with Crippen molar-refractivity contribution in [2.24, 2.45) is 0 Å². The summed E-state index contributed by atoms with van der Waals surface area (Å²) in [5, 5.41) is 2.65. The molecule has 0 radical (unpaired) electrons. The van der Waals surface area contributed by atoms with Crippen LogP contribution in [0.25, 0.3) is 33.0 Å². The fraction of sp³-hybridized carbons (Fsp3) is 0.211. The van der Waals surface area contributed by atoms with E-state index in [1.165, 1.54) is 55.3 Å². The van der Waals surface area contributed by atoms with Gasteiger partial charge in [0.05, 0.1) is 5.39 Å². The molecule has 1 aliphatic rings. The smallest absolute Gasteiger partial charge is 0.213 e. The van der Waals surface area contributed by atoms with Gasteiger partial charge in [-0.2, -0.15) is 9.13 Å². The summed E-state index contributed by atoms with van der Waals surface area (Å²) in [6, 6.07) is 31.0. The second kappa shape index (κ2) is 15.1. The summed E-state index contributed by atoms with van der Waals surface area (Å²) in [5.41, 5.74) is 10.5. The lowest BCUT2D eigenvalue weighted by Crippen LogP contribution is -3.00. The highest BCUT2D eigenvalue weighted by atomic mass is 127. The molecule has 43 heavy (non-hydrogen) atoms. The molecule has 220 valence electrons. The van der Waals surface area contributed by atoms with Gasteiger partial charge in [-0.1, -0.05) is 54.6 Å².